The fourth-order valence-corrected chi connectivity index (χ4v) is 12.7. The zero-order valence-electron chi connectivity index (χ0n) is 15.6. The molecule has 0 atom stereocenters. The van der Waals surface area contributed by atoms with Gasteiger partial charge in [-0.1, -0.05) is 0 Å². The average Bonchev–Trinajstić information content (AvgIpc) is 2.71. The first kappa shape index (κ1) is 19.3. The molecule has 0 amide bonds. The first-order valence-corrected chi connectivity index (χ1v) is 13.7. The van der Waals surface area contributed by atoms with Crippen LogP contribution in [0, 0.1) is 0 Å². The number of rotatable bonds is 7. The van der Waals surface area contributed by atoms with E-state index in [2.05, 4.69) is 125 Å². The summed E-state index contributed by atoms with van der Waals surface area (Å²) in [6, 6.07) is 32.9. The van der Waals surface area contributed by atoms with Crippen molar-refractivity contribution < 1.29 is 0 Å². The molecule has 136 valence electrons. The number of hydrogen-bond donors (Lipinski definition) is 0. The summed E-state index contributed by atoms with van der Waals surface area (Å²) in [5.41, 5.74) is -1.42. The van der Waals surface area contributed by atoms with Crippen molar-refractivity contribution in [3.8, 4) is 0 Å². The van der Waals surface area contributed by atoms with Crippen molar-refractivity contribution in [2.45, 2.75) is 20.0 Å². The van der Waals surface area contributed by atoms with Crippen molar-refractivity contribution >= 4 is 31.6 Å². The summed E-state index contributed by atoms with van der Waals surface area (Å²) in [6.07, 6.45) is 0.974. The van der Waals surface area contributed by atoms with E-state index in [1.54, 1.807) is 0 Å². The van der Waals surface area contributed by atoms with Crippen LogP contribution in [0.25, 0.3) is 0 Å². The van der Waals surface area contributed by atoms with Gasteiger partial charge in [-0.2, -0.15) is 0 Å². The SMILES string of the molecule is CCN(CC)P(Br)(Cc1ccccc1)(c1ccccc1)c1ccccc1. The minimum atomic E-state index is -2.78. The van der Waals surface area contributed by atoms with Crippen LogP contribution in [-0.2, 0) is 6.16 Å². The Labute approximate surface area is 165 Å². The monoisotopic (exact) mass is 427 g/mol. The van der Waals surface area contributed by atoms with Gasteiger partial charge in [-0.15, -0.1) is 0 Å². The Bertz CT molecular complexity index is 777. The summed E-state index contributed by atoms with van der Waals surface area (Å²) >= 11 is 4.49. The summed E-state index contributed by atoms with van der Waals surface area (Å²) < 4.78 is 2.66. The van der Waals surface area contributed by atoms with E-state index in [9.17, 15) is 0 Å². The number of hydrogen-bond acceptors (Lipinski definition) is 1. The van der Waals surface area contributed by atoms with Gasteiger partial charge >= 0.3 is 166 Å². The Morgan fingerprint density at radius 1 is 0.654 bits per heavy atom. The summed E-state index contributed by atoms with van der Waals surface area (Å²) in [7, 11) is 0. The maximum atomic E-state index is 4.49. The molecule has 0 bridgehead atoms. The van der Waals surface area contributed by atoms with Crippen LogP contribution in [0.5, 0.6) is 0 Å². The van der Waals surface area contributed by atoms with Crippen molar-refractivity contribution in [3.05, 3.63) is 96.6 Å². The normalized spacial score (nSPS) is 13.3. The van der Waals surface area contributed by atoms with Crippen LogP contribution in [0.4, 0.5) is 0 Å². The van der Waals surface area contributed by atoms with E-state index in [4.69, 9.17) is 0 Å². The molecule has 26 heavy (non-hydrogen) atoms. The second-order valence-electron chi connectivity index (χ2n) is 6.59. The Hall–Kier alpha value is -1.47. The number of benzene rings is 3. The first-order chi connectivity index (χ1) is 12.6. The predicted octanol–water partition coefficient (Wildman–Crippen LogP) is 5.96. The van der Waals surface area contributed by atoms with Gasteiger partial charge in [0.2, 0.25) is 0 Å². The third kappa shape index (κ3) is 3.27. The van der Waals surface area contributed by atoms with E-state index in [0.717, 1.165) is 19.3 Å². The number of halogens is 1. The molecule has 0 aliphatic heterocycles. The molecule has 3 heteroatoms. The standard InChI is InChI=1S/C23H27BrNP/c1-3-25(4-2)26(24,22-16-10-6-11-17-22,23-18-12-7-13-19-23)20-21-14-8-5-9-15-21/h5-19H,3-4,20H2,1-2H3. The van der Waals surface area contributed by atoms with Gasteiger partial charge in [0.1, 0.15) is 0 Å². The Balaban J connectivity index is 2.35. The molecule has 1 nitrogen and oxygen atoms in total. The van der Waals surface area contributed by atoms with Crippen LogP contribution in [0.3, 0.4) is 0 Å². The predicted molar refractivity (Wildman–Crippen MR) is 121 cm³/mol. The molecule has 0 saturated carbocycles. The topological polar surface area (TPSA) is 3.24 Å². The fraction of sp³-hybridized carbons (Fsp3) is 0.217. The van der Waals surface area contributed by atoms with Crippen LogP contribution in [0.15, 0.2) is 91.0 Å². The van der Waals surface area contributed by atoms with Crippen LogP contribution in [0.1, 0.15) is 19.4 Å². The second-order valence-corrected chi connectivity index (χ2v) is 15.4. The molecular formula is C23H27BrNP. The van der Waals surface area contributed by atoms with Gasteiger partial charge in [0, 0.05) is 0 Å². The molecule has 0 heterocycles. The van der Waals surface area contributed by atoms with Gasteiger partial charge in [0.15, 0.2) is 0 Å². The summed E-state index contributed by atoms with van der Waals surface area (Å²) in [5.74, 6) is 0. The molecule has 0 N–H and O–H groups in total. The zero-order chi connectivity index (χ0) is 18.5. The summed E-state index contributed by atoms with van der Waals surface area (Å²) in [4.78, 5) is 0. The van der Waals surface area contributed by atoms with Crippen molar-refractivity contribution in [3.63, 3.8) is 0 Å². The molecule has 0 fully saturated rings. The quantitative estimate of drug-likeness (QED) is 0.420. The molecule has 0 radical (unpaired) electrons. The van der Waals surface area contributed by atoms with Crippen molar-refractivity contribution in [1.29, 1.82) is 0 Å². The molecule has 0 aromatic heterocycles. The van der Waals surface area contributed by atoms with Crippen molar-refractivity contribution in [2.24, 2.45) is 0 Å². The van der Waals surface area contributed by atoms with Crippen molar-refractivity contribution in [1.82, 2.24) is 4.67 Å². The van der Waals surface area contributed by atoms with Gasteiger partial charge in [0.25, 0.3) is 0 Å². The molecule has 3 aromatic carbocycles. The molecule has 0 saturated heterocycles. The van der Waals surface area contributed by atoms with Gasteiger partial charge in [0.05, 0.1) is 0 Å². The first-order valence-electron chi connectivity index (χ1n) is 9.26. The second kappa shape index (κ2) is 8.05. The van der Waals surface area contributed by atoms with E-state index in [-0.39, 0.29) is 0 Å². The van der Waals surface area contributed by atoms with Gasteiger partial charge < -0.3 is 0 Å². The van der Waals surface area contributed by atoms with Crippen LogP contribution >= 0.6 is 20.9 Å². The third-order valence-electron chi connectivity index (χ3n) is 5.20. The average molecular weight is 428 g/mol. The van der Waals surface area contributed by atoms with E-state index < -0.39 is 5.46 Å². The maximum absolute atomic E-state index is 4.49. The van der Waals surface area contributed by atoms with Crippen molar-refractivity contribution in [2.75, 3.05) is 13.1 Å². The van der Waals surface area contributed by atoms with E-state index >= 15 is 0 Å². The van der Waals surface area contributed by atoms with E-state index in [0.29, 0.717) is 0 Å². The molecule has 0 aliphatic carbocycles. The summed E-state index contributed by atoms with van der Waals surface area (Å²) in [5, 5.41) is 2.77. The summed E-state index contributed by atoms with van der Waals surface area (Å²) in [6.45, 7) is 6.53. The van der Waals surface area contributed by atoms with Gasteiger partial charge in [-0.25, -0.2) is 0 Å². The number of nitrogens with zero attached hydrogens (tertiary/aromatic N) is 1. The van der Waals surface area contributed by atoms with E-state index in [1.165, 1.54) is 16.2 Å². The van der Waals surface area contributed by atoms with Crippen LogP contribution in [-0.4, -0.2) is 17.8 Å². The molecule has 0 unspecified atom stereocenters. The van der Waals surface area contributed by atoms with Crippen LogP contribution < -0.4 is 10.6 Å². The van der Waals surface area contributed by atoms with Gasteiger partial charge in [-0.05, 0) is 0 Å². The zero-order valence-corrected chi connectivity index (χ0v) is 18.0. The van der Waals surface area contributed by atoms with E-state index in [1.807, 2.05) is 0 Å². The minimum absolute atomic E-state index is 0.974. The molecular weight excluding hydrogens is 401 g/mol. The van der Waals surface area contributed by atoms with Crippen LogP contribution in [0.2, 0.25) is 0 Å². The molecule has 3 aromatic rings. The Morgan fingerprint density at radius 3 is 1.42 bits per heavy atom. The molecule has 0 spiro atoms. The molecule has 0 aliphatic rings. The Morgan fingerprint density at radius 2 is 1.04 bits per heavy atom. The Kier molecular flexibility index (Phi) is 5.97. The molecule has 3 rings (SSSR count). The third-order valence-corrected chi connectivity index (χ3v) is 15.1. The fourth-order valence-electron chi connectivity index (χ4n) is 3.95. The van der Waals surface area contributed by atoms with Gasteiger partial charge in [-0.3, -0.25) is 0 Å².